The highest BCUT2D eigenvalue weighted by molar-refractivity contribution is 6.04. The molecule has 1 atom stereocenters. The Labute approximate surface area is 169 Å². The van der Waals surface area contributed by atoms with E-state index < -0.39 is 0 Å². The Morgan fingerprint density at radius 3 is 2.76 bits per heavy atom. The highest BCUT2D eigenvalue weighted by atomic mass is 19.1. The van der Waals surface area contributed by atoms with Gasteiger partial charge in [-0.05, 0) is 43.5 Å². The van der Waals surface area contributed by atoms with Crippen molar-refractivity contribution in [1.82, 2.24) is 14.5 Å². The van der Waals surface area contributed by atoms with Crippen LogP contribution in [0.4, 0.5) is 15.9 Å². The van der Waals surface area contributed by atoms with Crippen LogP contribution in [-0.2, 0) is 4.79 Å². The lowest BCUT2D eigenvalue weighted by Crippen LogP contribution is -2.55. The third-order valence-corrected chi connectivity index (χ3v) is 6.27. The first-order valence-corrected chi connectivity index (χ1v) is 10.3. The number of anilines is 2. The molecule has 1 amide bonds. The van der Waals surface area contributed by atoms with Crippen LogP contribution < -0.4 is 9.80 Å². The molecular formula is C22H24FN5O. The quantitative estimate of drug-likeness (QED) is 0.673. The van der Waals surface area contributed by atoms with Gasteiger partial charge in [0.1, 0.15) is 17.5 Å². The van der Waals surface area contributed by atoms with E-state index in [1.165, 1.54) is 25.0 Å². The SMILES string of the molecule is CC[C@@H]1C(=O)N(C)c2cnc(-n3ccc4cc(F)ccc43)nc2N1C1CCCC1. The number of halogens is 1. The smallest absolute Gasteiger partial charge is 0.249 e. The van der Waals surface area contributed by atoms with Crippen molar-refractivity contribution >= 4 is 28.3 Å². The number of amides is 1. The van der Waals surface area contributed by atoms with Gasteiger partial charge in [-0.3, -0.25) is 9.36 Å². The number of nitrogens with zero attached hydrogens (tertiary/aromatic N) is 5. The Bertz CT molecular complexity index is 1090. The first-order valence-electron chi connectivity index (χ1n) is 10.3. The molecule has 0 unspecified atom stereocenters. The van der Waals surface area contributed by atoms with E-state index >= 15 is 0 Å². The molecule has 7 heteroatoms. The number of fused-ring (bicyclic) bond motifs is 2. The normalized spacial score (nSPS) is 20.0. The molecule has 3 heterocycles. The molecule has 2 aromatic heterocycles. The molecule has 3 aromatic rings. The molecule has 1 saturated carbocycles. The van der Waals surface area contributed by atoms with E-state index in [1.54, 1.807) is 24.2 Å². The van der Waals surface area contributed by atoms with Gasteiger partial charge in [-0.1, -0.05) is 19.8 Å². The zero-order valence-corrected chi connectivity index (χ0v) is 16.7. The highest BCUT2D eigenvalue weighted by Gasteiger charge is 2.41. The maximum absolute atomic E-state index is 13.6. The van der Waals surface area contributed by atoms with E-state index in [4.69, 9.17) is 4.98 Å². The maximum atomic E-state index is 13.6. The summed E-state index contributed by atoms with van der Waals surface area (Å²) in [5, 5.41) is 0.803. The fraction of sp³-hybridized carbons (Fsp3) is 0.409. The topological polar surface area (TPSA) is 54.3 Å². The Morgan fingerprint density at radius 2 is 2.00 bits per heavy atom. The summed E-state index contributed by atoms with van der Waals surface area (Å²) in [4.78, 5) is 26.4. The summed E-state index contributed by atoms with van der Waals surface area (Å²) in [6.45, 7) is 2.06. The fourth-order valence-corrected chi connectivity index (χ4v) is 4.78. The van der Waals surface area contributed by atoms with Crippen molar-refractivity contribution in [3.8, 4) is 5.95 Å². The van der Waals surface area contributed by atoms with Crippen LogP contribution in [0.25, 0.3) is 16.9 Å². The molecule has 0 N–H and O–H groups in total. The van der Waals surface area contributed by atoms with Crippen LogP contribution in [0.15, 0.2) is 36.7 Å². The number of aromatic nitrogens is 3. The van der Waals surface area contributed by atoms with Gasteiger partial charge in [-0.25, -0.2) is 9.37 Å². The summed E-state index contributed by atoms with van der Waals surface area (Å²) < 4.78 is 15.4. The molecule has 1 fully saturated rings. The average Bonchev–Trinajstić information content (AvgIpc) is 3.39. The number of hydrogen-bond acceptors (Lipinski definition) is 4. The third kappa shape index (κ3) is 2.79. The largest absolute Gasteiger partial charge is 0.340 e. The summed E-state index contributed by atoms with van der Waals surface area (Å²) in [7, 11) is 1.80. The van der Waals surface area contributed by atoms with Crippen molar-refractivity contribution in [2.45, 2.75) is 51.1 Å². The van der Waals surface area contributed by atoms with E-state index in [0.29, 0.717) is 12.0 Å². The second-order valence-electron chi connectivity index (χ2n) is 7.93. The number of hydrogen-bond donors (Lipinski definition) is 0. The molecule has 0 spiro atoms. The fourth-order valence-electron chi connectivity index (χ4n) is 4.78. The second-order valence-corrected chi connectivity index (χ2v) is 7.93. The summed E-state index contributed by atoms with van der Waals surface area (Å²) in [6, 6.07) is 6.69. The minimum absolute atomic E-state index is 0.102. The van der Waals surface area contributed by atoms with Crippen molar-refractivity contribution in [1.29, 1.82) is 0 Å². The van der Waals surface area contributed by atoms with Gasteiger partial charge in [-0.15, -0.1) is 0 Å². The van der Waals surface area contributed by atoms with Crippen LogP contribution in [0.2, 0.25) is 0 Å². The molecule has 150 valence electrons. The van der Waals surface area contributed by atoms with Crippen LogP contribution >= 0.6 is 0 Å². The van der Waals surface area contributed by atoms with Gasteiger partial charge in [0.25, 0.3) is 0 Å². The summed E-state index contributed by atoms with van der Waals surface area (Å²) in [6.07, 6.45) is 8.87. The zero-order valence-electron chi connectivity index (χ0n) is 16.7. The van der Waals surface area contributed by atoms with Crippen LogP contribution in [0.1, 0.15) is 39.0 Å². The molecular weight excluding hydrogens is 369 g/mol. The summed E-state index contributed by atoms with van der Waals surface area (Å²) >= 11 is 0. The molecule has 6 nitrogen and oxygen atoms in total. The Balaban J connectivity index is 1.66. The minimum Gasteiger partial charge on any atom is -0.340 e. The highest BCUT2D eigenvalue weighted by Crippen LogP contribution is 2.39. The van der Waals surface area contributed by atoms with Gasteiger partial charge >= 0.3 is 0 Å². The van der Waals surface area contributed by atoms with Crippen LogP contribution in [-0.4, -0.2) is 39.6 Å². The maximum Gasteiger partial charge on any atom is 0.249 e. The minimum atomic E-state index is -0.264. The van der Waals surface area contributed by atoms with Gasteiger partial charge < -0.3 is 9.80 Å². The van der Waals surface area contributed by atoms with E-state index in [1.807, 2.05) is 16.8 Å². The van der Waals surface area contributed by atoms with Crippen molar-refractivity contribution < 1.29 is 9.18 Å². The van der Waals surface area contributed by atoms with Gasteiger partial charge in [-0.2, -0.15) is 4.98 Å². The molecule has 0 bridgehead atoms. The molecule has 0 saturated heterocycles. The Hall–Kier alpha value is -2.96. The predicted molar refractivity (Wildman–Crippen MR) is 111 cm³/mol. The number of likely N-dealkylation sites (N-methyl/N-ethyl adjacent to an activating group) is 1. The summed E-state index contributed by atoms with van der Waals surface area (Å²) in [5.74, 6) is 1.19. The van der Waals surface area contributed by atoms with E-state index in [9.17, 15) is 9.18 Å². The molecule has 1 aliphatic carbocycles. The summed E-state index contributed by atoms with van der Waals surface area (Å²) in [5.41, 5.74) is 1.60. The number of rotatable bonds is 3. The van der Waals surface area contributed by atoms with Crippen molar-refractivity contribution in [3.63, 3.8) is 0 Å². The number of benzene rings is 1. The average molecular weight is 393 g/mol. The monoisotopic (exact) mass is 393 g/mol. The Morgan fingerprint density at radius 1 is 1.21 bits per heavy atom. The molecule has 5 rings (SSSR count). The van der Waals surface area contributed by atoms with Gasteiger partial charge in [0.05, 0.1) is 11.7 Å². The van der Waals surface area contributed by atoms with Crippen molar-refractivity contribution in [3.05, 3.63) is 42.5 Å². The number of carbonyl (C=O) groups is 1. The standard InChI is InChI=1S/C22H24FN5O/c1-3-17-21(29)26(2)19-13-24-22(25-20(19)28(17)16-6-4-5-7-16)27-11-10-14-12-15(23)8-9-18(14)27/h8-13,16-17H,3-7H2,1-2H3/t17-/m1/s1. The third-order valence-electron chi connectivity index (χ3n) is 6.27. The van der Waals surface area contributed by atoms with E-state index in [2.05, 4.69) is 16.8 Å². The lowest BCUT2D eigenvalue weighted by Gasteiger charge is -2.43. The molecule has 0 radical (unpaired) electrons. The van der Waals surface area contributed by atoms with E-state index in [-0.39, 0.29) is 17.8 Å². The first kappa shape index (κ1) is 18.1. The van der Waals surface area contributed by atoms with Crippen molar-refractivity contribution in [2.75, 3.05) is 16.8 Å². The van der Waals surface area contributed by atoms with Crippen LogP contribution in [0.5, 0.6) is 0 Å². The zero-order chi connectivity index (χ0) is 20.1. The van der Waals surface area contributed by atoms with Crippen LogP contribution in [0, 0.1) is 5.82 Å². The van der Waals surface area contributed by atoms with Crippen molar-refractivity contribution in [2.24, 2.45) is 0 Å². The van der Waals surface area contributed by atoms with Crippen LogP contribution in [0.3, 0.4) is 0 Å². The van der Waals surface area contributed by atoms with Gasteiger partial charge in [0.2, 0.25) is 11.9 Å². The van der Waals surface area contributed by atoms with E-state index in [0.717, 1.165) is 41.7 Å². The molecule has 29 heavy (non-hydrogen) atoms. The lowest BCUT2D eigenvalue weighted by atomic mass is 10.0. The number of carbonyl (C=O) groups excluding carboxylic acids is 1. The second kappa shape index (κ2) is 6.83. The lowest BCUT2D eigenvalue weighted by molar-refractivity contribution is -0.120. The van der Waals surface area contributed by atoms with Gasteiger partial charge in [0, 0.05) is 24.7 Å². The molecule has 1 aliphatic heterocycles. The first-order chi connectivity index (χ1) is 14.1. The van der Waals surface area contributed by atoms with Gasteiger partial charge in [0.15, 0.2) is 5.82 Å². The predicted octanol–water partition coefficient (Wildman–Crippen LogP) is 4.06. The Kier molecular flexibility index (Phi) is 4.26. The molecule has 2 aliphatic rings. The molecule has 1 aromatic carbocycles.